The molecule has 0 saturated carbocycles. The van der Waals surface area contributed by atoms with E-state index in [-0.39, 0.29) is 18.5 Å². The number of H-pyrrole nitrogens is 1. The minimum absolute atomic E-state index is 0.0253. The summed E-state index contributed by atoms with van der Waals surface area (Å²) >= 11 is 0. The van der Waals surface area contributed by atoms with E-state index < -0.39 is 5.91 Å². The number of primary amides is 1. The van der Waals surface area contributed by atoms with Crippen molar-refractivity contribution in [1.82, 2.24) is 15.2 Å². The Morgan fingerprint density at radius 3 is 2.67 bits per heavy atom. The smallest absolute Gasteiger partial charge is 0.270 e. The van der Waals surface area contributed by atoms with Gasteiger partial charge in [-0.2, -0.15) is 0 Å². The van der Waals surface area contributed by atoms with Gasteiger partial charge in [0.2, 0.25) is 5.91 Å². The molecular weight excluding hydrogens is 232 g/mol. The van der Waals surface area contributed by atoms with Crippen molar-refractivity contribution in [2.45, 2.75) is 18.9 Å². The van der Waals surface area contributed by atoms with E-state index in [1.165, 1.54) is 0 Å². The molecule has 0 aromatic carbocycles. The summed E-state index contributed by atoms with van der Waals surface area (Å²) in [5, 5.41) is 3.23. The molecule has 0 atom stereocenters. The van der Waals surface area contributed by atoms with Crippen LogP contribution < -0.4 is 11.1 Å². The summed E-state index contributed by atoms with van der Waals surface area (Å²) in [6.45, 7) is 1.69. The highest BCUT2D eigenvalue weighted by molar-refractivity contribution is 5.95. The lowest BCUT2D eigenvalue weighted by molar-refractivity contribution is -0.119. The topological polar surface area (TPSA) is 91.2 Å². The molecule has 0 spiro atoms. The van der Waals surface area contributed by atoms with Gasteiger partial charge in [0.15, 0.2) is 0 Å². The van der Waals surface area contributed by atoms with Crippen LogP contribution in [-0.4, -0.2) is 47.4 Å². The van der Waals surface area contributed by atoms with Gasteiger partial charge in [-0.25, -0.2) is 0 Å². The summed E-state index contributed by atoms with van der Waals surface area (Å²) in [6, 6.07) is 3.55. The number of nitrogens with two attached hydrogens (primary N) is 1. The summed E-state index contributed by atoms with van der Waals surface area (Å²) in [4.78, 5) is 27.9. The Labute approximate surface area is 106 Å². The highest BCUT2D eigenvalue weighted by Crippen LogP contribution is 2.14. The number of carbonyl (C=O) groups excluding carboxylic acids is 2. The molecule has 0 unspecified atom stereocenters. The first-order valence-corrected chi connectivity index (χ1v) is 6.12. The first-order valence-electron chi connectivity index (χ1n) is 6.12. The molecule has 0 radical (unpaired) electrons. The Morgan fingerprint density at radius 1 is 1.39 bits per heavy atom. The number of nitrogens with one attached hydrogen (secondary N) is 2. The van der Waals surface area contributed by atoms with E-state index in [0.717, 1.165) is 25.9 Å². The van der Waals surface area contributed by atoms with Crippen LogP contribution in [0, 0.1) is 0 Å². The summed E-state index contributed by atoms with van der Waals surface area (Å²) in [5.74, 6) is -0.640. The number of aromatic nitrogens is 1. The van der Waals surface area contributed by atoms with Crippen LogP contribution in [0.15, 0.2) is 18.3 Å². The first kappa shape index (κ1) is 12.6. The maximum Gasteiger partial charge on any atom is 0.270 e. The van der Waals surface area contributed by atoms with Gasteiger partial charge in [-0.15, -0.1) is 0 Å². The zero-order chi connectivity index (χ0) is 13.0. The molecule has 0 aliphatic carbocycles. The molecule has 2 amide bonds. The fraction of sp³-hybridized carbons (Fsp3) is 0.500. The fourth-order valence-corrected chi connectivity index (χ4v) is 2.27. The monoisotopic (exact) mass is 250 g/mol. The lowest BCUT2D eigenvalue weighted by Crippen LogP contribution is -2.49. The number of aromatic amines is 1. The van der Waals surface area contributed by atoms with Gasteiger partial charge in [-0.3, -0.25) is 9.59 Å². The number of carbonyl (C=O) groups is 2. The quantitative estimate of drug-likeness (QED) is 0.685. The minimum atomic E-state index is -0.478. The number of nitrogens with zero attached hydrogens (tertiary/aromatic N) is 1. The Hall–Kier alpha value is -1.82. The van der Waals surface area contributed by atoms with Crippen LogP contribution in [0.2, 0.25) is 0 Å². The zero-order valence-corrected chi connectivity index (χ0v) is 10.2. The van der Waals surface area contributed by atoms with Gasteiger partial charge in [0.25, 0.3) is 5.91 Å². The average molecular weight is 250 g/mol. The standard InChI is InChI=1S/C12H18N4O2/c13-11(17)8-16(9-3-6-14-7-4-9)12(18)10-2-1-5-15-10/h1-2,5,9,14-15H,3-4,6-8H2,(H2,13,17). The van der Waals surface area contributed by atoms with Gasteiger partial charge in [0.1, 0.15) is 5.69 Å². The maximum absolute atomic E-state index is 12.3. The third-order valence-corrected chi connectivity index (χ3v) is 3.16. The number of hydrogen-bond donors (Lipinski definition) is 3. The number of amides is 2. The van der Waals surface area contributed by atoms with Gasteiger partial charge < -0.3 is 20.9 Å². The molecule has 6 heteroatoms. The molecular formula is C12H18N4O2. The van der Waals surface area contributed by atoms with Crippen LogP contribution >= 0.6 is 0 Å². The second-order valence-corrected chi connectivity index (χ2v) is 4.46. The Kier molecular flexibility index (Phi) is 3.99. The van der Waals surface area contributed by atoms with Gasteiger partial charge in [-0.05, 0) is 38.1 Å². The molecule has 1 saturated heterocycles. The normalized spacial score (nSPS) is 16.4. The maximum atomic E-state index is 12.3. The SMILES string of the molecule is NC(=O)CN(C(=O)c1ccc[nH]1)C1CCNCC1. The predicted octanol–water partition coefficient (Wildman–Crippen LogP) is -0.306. The highest BCUT2D eigenvalue weighted by Gasteiger charge is 2.27. The first-order chi connectivity index (χ1) is 8.68. The van der Waals surface area contributed by atoms with E-state index in [0.29, 0.717) is 5.69 Å². The molecule has 1 aromatic rings. The number of hydrogen-bond acceptors (Lipinski definition) is 3. The second kappa shape index (κ2) is 5.68. The van der Waals surface area contributed by atoms with Crippen molar-refractivity contribution in [1.29, 1.82) is 0 Å². The van der Waals surface area contributed by atoms with E-state index in [9.17, 15) is 9.59 Å². The summed E-state index contributed by atoms with van der Waals surface area (Å²) in [7, 11) is 0. The largest absolute Gasteiger partial charge is 0.368 e. The number of rotatable bonds is 4. The third-order valence-electron chi connectivity index (χ3n) is 3.16. The number of piperidine rings is 1. The molecule has 1 aliphatic heterocycles. The lowest BCUT2D eigenvalue weighted by atomic mass is 10.0. The van der Waals surface area contributed by atoms with Crippen molar-refractivity contribution < 1.29 is 9.59 Å². The molecule has 6 nitrogen and oxygen atoms in total. The van der Waals surface area contributed by atoms with Crippen molar-refractivity contribution in [3.8, 4) is 0 Å². The van der Waals surface area contributed by atoms with Crippen molar-refractivity contribution in [2.75, 3.05) is 19.6 Å². The molecule has 0 bridgehead atoms. The molecule has 4 N–H and O–H groups in total. The van der Waals surface area contributed by atoms with Gasteiger partial charge in [0, 0.05) is 12.2 Å². The van der Waals surface area contributed by atoms with Crippen LogP contribution in [0.25, 0.3) is 0 Å². The van der Waals surface area contributed by atoms with Crippen LogP contribution in [0.1, 0.15) is 23.3 Å². The molecule has 98 valence electrons. The van der Waals surface area contributed by atoms with Gasteiger partial charge in [-0.1, -0.05) is 0 Å². The zero-order valence-electron chi connectivity index (χ0n) is 10.2. The lowest BCUT2D eigenvalue weighted by Gasteiger charge is -2.33. The highest BCUT2D eigenvalue weighted by atomic mass is 16.2. The summed E-state index contributed by atoms with van der Waals surface area (Å²) in [6.07, 6.45) is 3.39. The Morgan fingerprint density at radius 2 is 2.11 bits per heavy atom. The minimum Gasteiger partial charge on any atom is -0.368 e. The van der Waals surface area contributed by atoms with E-state index in [1.807, 2.05) is 0 Å². The van der Waals surface area contributed by atoms with Gasteiger partial charge >= 0.3 is 0 Å². The van der Waals surface area contributed by atoms with Crippen molar-refractivity contribution in [3.63, 3.8) is 0 Å². The van der Waals surface area contributed by atoms with Crippen LogP contribution in [-0.2, 0) is 4.79 Å². The molecule has 18 heavy (non-hydrogen) atoms. The third kappa shape index (κ3) is 2.89. The predicted molar refractivity (Wildman–Crippen MR) is 66.9 cm³/mol. The Bertz CT molecular complexity index is 410. The van der Waals surface area contributed by atoms with Crippen molar-refractivity contribution in [3.05, 3.63) is 24.0 Å². The van der Waals surface area contributed by atoms with Crippen LogP contribution in [0.3, 0.4) is 0 Å². The second-order valence-electron chi connectivity index (χ2n) is 4.46. The van der Waals surface area contributed by atoms with Crippen LogP contribution in [0.5, 0.6) is 0 Å². The van der Waals surface area contributed by atoms with E-state index in [1.54, 1.807) is 23.2 Å². The van der Waals surface area contributed by atoms with E-state index >= 15 is 0 Å². The van der Waals surface area contributed by atoms with Gasteiger partial charge in [0.05, 0.1) is 6.54 Å². The molecule has 2 rings (SSSR count). The molecule has 1 aromatic heterocycles. The van der Waals surface area contributed by atoms with Crippen molar-refractivity contribution in [2.24, 2.45) is 5.73 Å². The molecule has 2 heterocycles. The van der Waals surface area contributed by atoms with E-state index in [2.05, 4.69) is 10.3 Å². The van der Waals surface area contributed by atoms with Crippen LogP contribution in [0.4, 0.5) is 0 Å². The summed E-state index contributed by atoms with van der Waals surface area (Å²) < 4.78 is 0. The molecule has 1 fully saturated rings. The van der Waals surface area contributed by atoms with Crippen molar-refractivity contribution >= 4 is 11.8 Å². The Balaban J connectivity index is 2.13. The molecule has 1 aliphatic rings. The fourth-order valence-electron chi connectivity index (χ4n) is 2.27. The summed E-state index contributed by atoms with van der Waals surface area (Å²) in [5.41, 5.74) is 5.73. The van der Waals surface area contributed by atoms with E-state index in [4.69, 9.17) is 5.73 Å². The average Bonchev–Trinajstić information content (AvgIpc) is 2.90.